The van der Waals surface area contributed by atoms with E-state index in [0.717, 1.165) is 16.7 Å². The highest BCUT2D eigenvalue weighted by atomic mass is 16.7. The van der Waals surface area contributed by atoms with Crippen LogP contribution in [0.4, 0.5) is 0 Å². The standard InChI is InChI=1S/C17H16O4/c1-11-5-12(2)7-13(6-11)9-19-17(18)14-3-4-15-16(8-14)21-10-20-15/h3-8H,9-10H2,1-2H3. The maximum atomic E-state index is 12.1. The maximum absolute atomic E-state index is 12.1. The third-order valence-corrected chi connectivity index (χ3v) is 3.26. The van der Waals surface area contributed by atoms with Crippen LogP contribution in [0.25, 0.3) is 0 Å². The van der Waals surface area contributed by atoms with Crippen molar-refractivity contribution in [1.82, 2.24) is 0 Å². The third-order valence-electron chi connectivity index (χ3n) is 3.26. The van der Waals surface area contributed by atoms with Crippen molar-refractivity contribution in [1.29, 1.82) is 0 Å². The van der Waals surface area contributed by atoms with Crippen LogP contribution in [0.1, 0.15) is 27.0 Å². The van der Waals surface area contributed by atoms with Crippen LogP contribution < -0.4 is 9.47 Å². The van der Waals surface area contributed by atoms with E-state index in [4.69, 9.17) is 14.2 Å². The van der Waals surface area contributed by atoms with Crippen molar-refractivity contribution in [2.24, 2.45) is 0 Å². The van der Waals surface area contributed by atoms with Gasteiger partial charge in [0.05, 0.1) is 5.56 Å². The number of benzene rings is 2. The van der Waals surface area contributed by atoms with Crippen LogP contribution in [0.15, 0.2) is 36.4 Å². The fraction of sp³-hybridized carbons (Fsp3) is 0.235. The first-order valence-corrected chi connectivity index (χ1v) is 6.76. The molecule has 2 aromatic carbocycles. The molecule has 4 heteroatoms. The number of carbonyl (C=O) groups is 1. The minimum absolute atomic E-state index is 0.191. The van der Waals surface area contributed by atoms with Gasteiger partial charge < -0.3 is 14.2 Å². The Balaban J connectivity index is 1.69. The van der Waals surface area contributed by atoms with Gasteiger partial charge in [0.2, 0.25) is 6.79 Å². The third kappa shape index (κ3) is 2.99. The summed E-state index contributed by atoms with van der Waals surface area (Å²) in [5, 5.41) is 0. The minimum atomic E-state index is -0.368. The molecule has 0 bridgehead atoms. The Morgan fingerprint density at radius 3 is 2.52 bits per heavy atom. The highest BCUT2D eigenvalue weighted by Crippen LogP contribution is 2.32. The molecule has 0 fully saturated rings. The normalized spacial score (nSPS) is 12.3. The molecule has 0 aromatic heterocycles. The fourth-order valence-corrected chi connectivity index (χ4v) is 2.41. The van der Waals surface area contributed by atoms with Crippen LogP contribution in [0.5, 0.6) is 11.5 Å². The summed E-state index contributed by atoms with van der Waals surface area (Å²) in [5.41, 5.74) is 3.76. The molecule has 0 spiro atoms. The largest absolute Gasteiger partial charge is 0.457 e. The number of esters is 1. The van der Waals surface area contributed by atoms with Gasteiger partial charge in [-0.05, 0) is 37.6 Å². The molecule has 0 amide bonds. The van der Waals surface area contributed by atoms with Crippen LogP contribution in [0, 0.1) is 13.8 Å². The second-order valence-electron chi connectivity index (χ2n) is 5.14. The Labute approximate surface area is 123 Å². The van der Waals surface area contributed by atoms with Crippen molar-refractivity contribution in [3.63, 3.8) is 0 Å². The molecule has 4 nitrogen and oxygen atoms in total. The van der Waals surface area contributed by atoms with E-state index in [9.17, 15) is 4.79 Å². The zero-order chi connectivity index (χ0) is 14.8. The minimum Gasteiger partial charge on any atom is -0.457 e. The van der Waals surface area contributed by atoms with Crippen LogP contribution in [0.2, 0.25) is 0 Å². The van der Waals surface area contributed by atoms with E-state index in [1.165, 1.54) is 0 Å². The van der Waals surface area contributed by atoms with Crippen molar-refractivity contribution in [2.45, 2.75) is 20.5 Å². The lowest BCUT2D eigenvalue weighted by Crippen LogP contribution is -2.05. The van der Waals surface area contributed by atoms with E-state index in [1.54, 1.807) is 18.2 Å². The molecule has 3 rings (SSSR count). The SMILES string of the molecule is Cc1cc(C)cc(COC(=O)c2ccc3c(c2)OCO3)c1. The first-order chi connectivity index (χ1) is 10.1. The summed E-state index contributed by atoms with van der Waals surface area (Å²) in [4.78, 5) is 12.1. The fourth-order valence-electron chi connectivity index (χ4n) is 2.41. The Morgan fingerprint density at radius 1 is 1.05 bits per heavy atom. The Morgan fingerprint density at radius 2 is 1.76 bits per heavy atom. The monoisotopic (exact) mass is 284 g/mol. The van der Waals surface area contributed by atoms with Gasteiger partial charge in [-0.2, -0.15) is 0 Å². The summed E-state index contributed by atoms with van der Waals surface area (Å²) in [6, 6.07) is 11.2. The van der Waals surface area contributed by atoms with Gasteiger partial charge in [-0.1, -0.05) is 29.3 Å². The summed E-state index contributed by atoms with van der Waals surface area (Å²) >= 11 is 0. The first-order valence-electron chi connectivity index (χ1n) is 6.76. The van der Waals surface area contributed by atoms with Crippen molar-refractivity contribution >= 4 is 5.97 Å². The Hall–Kier alpha value is -2.49. The topological polar surface area (TPSA) is 44.8 Å². The number of fused-ring (bicyclic) bond motifs is 1. The van der Waals surface area contributed by atoms with Crippen molar-refractivity contribution in [2.75, 3.05) is 6.79 Å². The van der Waals surface area contributed by atoms with Gasteiger partial charge in [0.1, 0.15) is 6.61 Å². The van der Waals surface area contributed by atoms with Crippen LogP contribution >= 0.6 is 0 Å². The van der Waals surface area contributed by atoms with Gasteiger partial charge in [-0.25, -0.2) is 4.79 Å². The molecule has 108 valence electrons. The van der Waals surface area contributed by atoms with Gasteiger partial charge in [0, 0.05) is 0 Å². The van der Waals surface area contributed by atoms with E-state index in [0.29, 0.717) is 17.1 Å². The molecule has 2 aromatic rings. The van der Waals surface area contributed by atoms with E-state index in [2.05, 4.69) is 6.07 Å². The van der Waals surface area contributed by atoms with Crippen LogP contribution in [0.3, 0.4) is 0 Å². The number of rotatable bonds is 3. The number of hydrogen-bond donors (Lipinski definition) is 0. The zero-order valence-electron chi connectivity index (χ0n) is 12.0. The van der Waals surface area contributed by atoms with Crippen molar-refractivity contribution < 1.29 is 19.0 Å². The average molecular weight is 284 g/mol. The maximum Gasteiger partial charge on any atom is 0.338 e. The summed E-state index contributed by atoms with van der Waals surface area (Å²) < 4.78 is 15.8. The molecule has 1 heterocycles. The summed E-state index contributed by atoms with van der Waals surface area (Å²) in [6.45, 7) is 4.50. The lowest BCUT2D eigenvalue weighted by Gasteiger charge is -2.07. The van der Waals surface area contributed by atoms with E-state index >= 15 is 0 Å². The number of carbonyl (C=O) groups excluding carboxylic acids is 1. The predicted molar refractivity (Wildman–Crippen MR) is 77.6 cm³/mol. The number of ether oxygens (including phenoxy) is 3. The molecule has 0 atom stereocenters. The van der Waals surface area contributed by atoms with Crippen LogP contribution in [-0.4, -0.2) is 12.8 Å². The van der Waals surface area contributed by atoms with E-state index < -0.39 is 0 Å². The summed E-state index contributed by atoms with van der Waals surface area (Å²) in [7, 11) is 0. The highest BCUT2D eigenvalue weighted by molar-refractivity contribution is 5.90. The number of aryl methyl sites for hydroxylation is 2. The van der Waals surface area contributed by atoms with Gasteiger partial charge in [0.15, 0.2) is 11.5 Å². The smallest absolute Gasteiger partial charge is 0.338 e. The second kappa shape index (κ2) is 5.48. The van der Waals surface area contributed by atoms with Gasteiger partial charge in [0.25, 0.3) is 0 Å². The van der Waals surface area contributed by atoms with Gasteiger partial charge >= 0.3 is 5.97 Å². The van der Waals surface area contributed by atoms with Gasteiger partial charge in [-0.15, -0.1) is 0 Å². The predicted octanol–water partition coefficient (Wildman–Crippen LogP) is 3.39. The first kappa shape index (κ1) is 13.5. The van der Waals surface area contributed by atoms with Crippen molar-refractivity contribution in [3.8, 4) is 11.5 Å². The Bertz CT molecular complexity index is 671. The molecule has 0 radical (unpaired) electrons. The second-order valence-corrected chi connectivity index (χ2v) is 5.14. The summed E-state index contributed by atoms with van der Waals surface area (Å²) in [5.74, 6) is 0.865. The molecule has 0 saturated heterocycles. The molecule has 0 N–H and O–H groups in total. The molecular weight excluding hydrogens is 268 g/mol. The molecule has 1 aliphatic heterocycles. The highest BCUT2D eigenvalue weighted by Gasteiger charge is 2.17. The zero-order valence-corrected chi connectivity index (χ0v) is 12.0. The van der Waals surface area contributed by atoms with Crippen LogP contribution in [-0.2, 0) is 11.3 Å². The number of hydrogen-bond acceptors (Lipinski definition) is 4. The quantitative estimate of drug-likeness (QED) is 0.810. The Kier molecular flexibility index (Phi) is 3.52. The van der Waals surface area contributed by atoms with Gasteiger partial charge in [-0.3, -0.25) is 0 Å². The van der Waals surface area contributed by atoms with Crippen molar-refractivity contribution in [3.05, 3.63) is 58.7 Å². The summed E-state index contributed by atoms with van der Waals surface area (Å²) in [6.07, 6.45) is 0. The average Bonchev–Trinajstić information content (AvgIpc) is 2.91. The molecule has 0 saturated carbocycles. The molecule has 0 unspecified atom stereocenters. The van der Waals surface area contributed by atoms with E-state index in [1.807, 2.05) is 26.0 Å². The van der Waals surface area contributed by atoms with E-state index in [-0.39, 0.29) is 19.4 Å². The lowest BCUT2D eigenvalue weighted by atomic mass is 10.1. The lowest BCUT2D eigenvalue weighted by molar-refractivity contribution is 0.0472. The molecule has 21 heavy (non-hydrogen) atoms. The molecular formula is C17H16O4. The molecule has 1 aliphatic rings. The molecule has 0 aliphatic carbocycles.